The Morgan fingerprint density at radius 3 is 2.58 bits per heavy atom. The molecule has 2 rings (SSSR count). The summed E-state index contributed by atoms with van der Waals surface area (Å²) in [4.78, 5) is 0. The van der Waals surface area contributed by atoms with E-state index in [1.54, 1.807) is 19.3 Å². The Balaban J connectivity index is 2.20. The maximum atomic E-state index is 12.9. The maximum Gasteiger partial charge on any atom is 0.513 e. The van der Waals surface area contributed by atoms with Crippen molar-refractivity contribution >= 4 is 12.4 Å². The smallest absolute Gasteiger partial charge is 0.490 e. The highest BCUT2D eigenvalue weighted by Gasteiger charge is 2.29. The molecule has 0 N–H and O–H groups in total. The molecule has 0 saturated heterocycles. The van der Waals surface area contributed by atoms with E-state index in [0.29, 0.717) is 11.8 Å². The van der Waals surface area contributed by atoms with Crippen molar-refractivity contribution in [3.63, 3.8) is 0 Å². The van der Waals surface area contributed by atoms with Crippen molar-refractivity contribution in [1.29, 1.82) is 0 Å². The summed E-state index contributed by atoms with van der Waals surface area (Å²) >= 11 is 0. The van der Waals surface area contributed by atoms with Crippen LogP contribution in [0, 0.1) is 5.82 Å². The minimum absolute atomic E-state index is 0.106. The summed E-state index contributed by atoms with van der Waals surface area (Å²) in [6, 6.07) is 3.97. The summed E-state index contributed by atoms with van der Waals surface area (Å²) in [6.45, 7) is -5.43. The summed E-state index contributed by atoms with van der Waals surface area (Å²) in [5.41, 5.74) is -0.580. The molecule has 0 amide bonds. The third-order valence-corrected chi connectivity index (χ3v) is 2.47. The van der Waals surface area contributed by atoms with E-state index in [1.807, 2.05) is 0 Å². The first-order valence-electron chi connectivity index (χ1n) is 5.47. The molecular weight excluding hydrogens is 263 g/mol. The van der Waals surface area contributed by atoms with Gasteiger partial charge in [0.2, 0.25) is 0 Å². The first kappa shape index (κ1) is 13.4. The van der Waals surface area contributed by atoms with E-state index >= 15 is 0 Å². The molecule has 0 saturated carbocycles. The molecule has 0 spiro atoms. The lowest BCUT2D eigenvalue weighted by Crippen LogP contribution is -2.35. The van der Waals surface area contributed by atoms with Crippen LogP contribution in [0.15, 0.2) is 30.5 Å². The molecule has 2 aromatic rings. The van der Waals surface area contributed by atoms with E-state index in [-0.39, 0.29) is 12.4 Å². The molecule has 0 aliphatic heterocycles. The van der Waals surface area contributed by atoms with Gasteiger partial charge in [-0.05, 0) is 24.3 Å². The normalized spacial score (nSPS) is 11.6. The zero-order valence-electron chi connectivity index (χ0n) is 9.99. The standard InChI is InChI=1S/C11H10BF4N2O/c1-18-5-4-9(17-18)7-19-11-3-2-8(13)6-10(11)12(14,15)16/h2-6H,7H2,1H3/q-1. The van der Waals surface area contributed by atoms with Crippen LogP contribution in [0.4, 0.5) is 17.3 Å². The minimum atomic E-state index is -5.33. The van der Waals surface area contributed by atoms with Crippen molar-refractivity contribution in [2.45, 2.75) is 6.61 Å². The van der Waals surface area contributed by atoms with Crippen molar-refractivity contribution in [2.24, 2.45) is 7.05 Å². The monoisotopic (exact) mass is 273 g/mol. The van der Waals surface area contributed by atoms with Gasteiger partial charge in [0.15, 0.2) is 0 Å². The van der Waals surface area contributed by atoms with E-state index in [9.17, 15) is 17.3 Å². The van der Waals surface area contributed by atoms with Gasteiger partial charge in [-0.1, -0.05) is 5.46 Å². The van der Waals surface area contributed by atoms with Gasteiger partial charge in [-0.25, -0.2) is 4.39 Å². The Hall–Kier alpha value is -1.99. The van der Waals surface area contributed by atoms with Gasteiger partial charge in [0.25, 0.3) is 0 Å². The largest absolute Gasteiger partial charge is 0.513 e. The van der Waals surface area contributed by atoms with Crippen molar-refractivity contribution in [3.8, 4) is 5.75 Å². The van der Waals surface area contributed by atoms with Gasteiger partial charge < -0.3 is 17.7 Å². The van der Waals surface area contributed by atoms with Gasteiger partial charge >= 0.3 is 6.98 Å². The second-order valence-corrected chi connectivity index (χ2v) is 4.03. The number of hydrogen-bond donors (Lipinski definition) is 0. The molecule has 0 radical (unpaired) electrons. The van der Waals surface area contributed by atoms with Crippen LogP contribution in [-0.2, 0) is 13.7 Å². The molecule has 0 fully saturated rings. The molecular formula is C11H10BF4N2O-. The number of hydrogen-bond acceptors (Lipinski definition) is 2. The van der Waals surface area contributed by atoms with Crippen LogP contribution in [0.5, 0.6) is 5.75 Å². The van der Waals surface area contributed by atoms with Gasteiger partial charge in [0.1, 0.15) is 12.4 Å². The Morgan fingerprint density at radius 1 is 1.26 bits per heavy atom. The van der Waals surface area contributed by atoms with E-state index in [1.165, 1.54) is 4.68 Å². The lowest BCUT2D eigenvalue weighted by Gasteiger charge is -2.19. The number of ether oxygens (including phenoxy) is 1. The zero-order valence-corrected chi connectivity index (χ0v) is 9.99. The van der Waals surface area contributed by atoms with Crippen molar-refractivity contribution in [1.82, 2.24) is 9.78 Å². The molecule has 3 nitrogen and oxygen atoms in total. The molecule has 1 heterocycles. The predicted molar refractivity (Wildman–Crippen MR) is 62.7 cm³/mol. The summed E-state index contributed by atoms with van der Waals surface area (Å²) < 4.78 is 57.7. The summed E-state index contributed by atoms with van der Waals surface area (Å²) in [5, 5.41) is 3.98. The van der Waals surface area contributed by atoms with Gasteiger partial charge in [-0.15, -0.1) is 0 Å². The van der Waals surface area contributed by atoms with Gasteiger partial charge in [-0.3, -0.25) is 4.68 Å². The number of aromatic nitrogens is 2. The lowest BCUT2D eigenvalue weighted by molar-refractivity contribution is 0.300. The van der Waals surface area contributed by atoms with Crippen molar-refractivity contribution < 1.29 is 22.1 Å². The second-order valence-electron chi connectivity index (χ2n) is 4.03. The van der Waals surface area contributed by atoms with E-state index in [0.717, 1.165) is 12.1 Å². The molecule has 1 aromatic heterocycles. The van der Waals surface area contributed by atoms with Crippen LogP contribution in [-0.4, -0.2) is 16.8 Å². The Morgan fingerprint density at radius 2 is 2.00 bits per heavy atom. The summed E-state index contributed by atoms with van der Waals surface area (Å²) in [5.74, 6) is -1.33. The molecule has 102 valence electrons. The van der Waals surface area contributed by atoms with Crippen LogP contribution < -0.4 is 10.2 Å². The van der Waals surface area contributed by atoms with Crippen LogP contribution in [0.3, 0.4) is 0 Å². The molecule has 0 aliphatic rings. The molecule has 0 bridgehead atoms. The zero-order chi connectivity index (χ0) is 14.0. The maximum absolute atomic E-state index is 12.9. The fraction of sp³-hybridized carbons (Fsp3) is 0.182. The van der Waals surface area contributed by atoms with Crippen LogP contribution in [0.25, 0.3) is 0 Å². The minimum Gasteiger partial charge on any atom is -0.490 e. The number of benzene rings is 1. The van der Waals surface area contributed by atoms with Crippen molar-refractivity contribution in [2.75, 3.05) is 0 Å². The third-order valence-electron chi connectivity index (χ3n) is 2.47. The Kier molecular flexibility index (Phi) is 3.50. The first-order valence-corrected chi connectivity index (χ1v) is 5.47. The molecule has 0 atom stereocenters. The van der Waals surface area contributed by atoms with E-state index in [2.05, 4.69) is 5.10 Å². The molecule has 1 aromatic carbocycles. The lowest BCUT2D eigenvalue weighted by atomic mass is 9.79. The number of halogens is 4. The molecule has 0 aliphatic carbocycles. The number of rotatable bonds is 4. The predicted octanol–water partition coefficient (Wildman–Crippen LogP) is 2.19. The molecule has 8 heteroatoms. The van der Waals surface area contributed by atoms with E-state index in [4.69, 9.17) is 4.74 Å². The average Bonchev–Trinajstić information content (AvgIpc) is 2.72. The molecule has 0 unspecified atom stereocenters. The highest BCUT2D eigenvalue weighted by molar-refractivity contribution is 6.74. The summed E-state index contributed by atoms with van der Waals surface area (Å²) in [7, 11) is 1.69. The average molecular weight is 273 g/mol. The number of aryl methyl sites for hydroxylation is 1. The van der Waals surface area contributed by atoms with Crippen molar-refractivity contribution in [3.05, 3.63) is 42.0 Å². The van der Waals surface area contributed by atoms with Gasteiger partial charge in [0, 0.05) is 13.2 Å². The third kappa shape index (κ3) is 3.27. The van der Waals surface area contributed by atoms with Gasteiger partial charge in [-0.2, -0.15) is 5.10 Å². The fourth-order valence-corrected chi connectivity index (χ4v) is 1.60. The van der Waals surface area contributed by atoms with Crippen LogP contribution in [0.1, 0.15) is 5.69 Å². The van der Waals surface area contributed by atoms with Gasteiger partial charge in [0.05, 0.1) is 11.4 Å². The SMILES string of the molecule is Cn1ccc(COc2ccc(F)cc2[B-](F)(F)F)n1. The number of nitrogens with zero attached hydrogens (tertiary/aromatic N) is 2. The highest BCUT2D eigenvalue weighted by atomic mass is 19.4. The first-order chi connectivity index (χ1) is 8.86. The quantitative estimate of drug-likeness (QED) is 0.630. The molecule has 19 heavy (non-hydrogen) atoms. The Labute approximate surface area is 106 Å². The second kappa shape index (κ2) is 4.95. The Bertz CT molecular complexity index is 582. The van der Waals surface area contributed by atoms with Crippen LogP contribution in [0.2, 0.25) is 0 Å². The van der Waals surface area contributed by atoms with E-state index < -0.39 is 18.3 Å². The topological polar surface area (TPSA) is 27.1 Å². The fourth-order valence-electron chi connectivity index (χ4n) is 1.60. The highest BCUT2D eigenvalue weighted by Crippen LogP contribution is 2.19. The summed E-state index contributed by atoms with van der Waals surface area (Å²) in [6.07, 6.45) is 1.65. The van der Waals surface area contributed by atoms with Crippen LogP contribution >= 0.6 is 0 Å².